The van der Waals surface area contributed by atoms with E-state index in [1.807, 2.05) is 6.92 Å². The summed E-state index contributed by atoms with van der Waals surface area (Å²) in [6.07, 6.45) is 6.90. The Kier molecular flexibility index (Phi) is 5.70. The van der Waals surface area contributed by atoms with E-state index in [9.17, 15) is 8.42 Å². The number of benzene rings is 1. The first-order valence-electron chi connectivity index (χ1n) is 7.77. The second kappa shape index (κ2) is 7.16. The highest BCUT2D eigenvalue weighted by molar-refractivity contribution is 7.89. The van der Waals surface area contributed by atoms with E-state index in [0.29, 0.717) is 22.0 Å². The molecule has 0 bridgehead atoms. The second-order valence-corrected chi connectivity index (χ2v) is 8.29. The summed E-state index contributed by atoms with van der Waals surface area (Å²) in [5.74, 6) is 0. The Hall–Kier alpha value is -0.840. The maximum Gasteiger partial charge on any atom is 0.243 e. The van der Waals surface area contributed by atoms with Gasteiger partial charge in [-0.25, -0.2) is 8.42 Å². The lowest BCUT2D eigenvalue weighted by molar-refractivity contribution is 0.269. The van der Waals surface area contributed by atoms with Crippen molar-refractivity contribution in [1.82, 2.24) is 4.31 Å². The Labute approximate surface area is 139 Å². The van der Waals surface area contributed by atoms with Crippen LogP contribution in [-0.4, -0.2) is 25.3 Å². The van der Waals surface area contributed by atoms with Crippen LogP contribution >= 0.6 is 11.6 Å². The summed E-state index contributed by atoms with van der Waals surface area (Å²) >= 11 is 6.10. The van der Waals surface area contributed by atoms with Gasteiger partial charge in [0.15, 0.2) is 0 Å². The molecular weight excluding hydrogens is 318 g/mol. The van der Waals surface area contributed by atoms with Crippen molar-refractivity contribution in [1.29, 1.82) is 0 Å². The Morgan fingerprint density at radius 1 is 1.23 bits per heavy atom. The van der Waals surface area contributed by atoms with Gasteiger partial charge in [0.25, 0.3) is 0 Å². The van der Waals surface area contributed by atoms with Crippen molar-refractivity contribution in [3.05, 3.63) is 40.9 Å². The standard InChI is InChI=1S/C17H24ClNO2S/c1-4-10-19(15-8-6-5-7-9-15)22(20,21)17-12-13(2)16(18)11-14(17)3/h4,11-12,15H,1,5-10H2,2-3H3. The molecule has 0 aliphatic heterocycles. The predicted molar refractivity (Wildman–Crippen MR) is 91.9 cm³/mol. The third-order valence-corrected chi connectivity index (χ3v) is 6.80. The molecule has 0 saturated heterocycles. The van der Waals surface area contributed by atoms with Gasteiger partial charge in [-0.15, -0.1) is 6.58 Å². The molecule has 0 radical (unpaired) electrons. The molecule has 0 amide bonds. The predicted octanol–water partition coefficient (Wildman–Crippen LogP) is 4.47. The van der Waals surface area contributed by atoms with Gasteiger partial charge in [0.2, 0.25) is 10.0 Å². The Morgan fingerprint density at radius 3 is 2.45 bits per heavy atom. The molecule has 0 heterocycles. The van der Waals surface area contributed by atoms with Crippen LogP contribution < -0.4 is 0 Å². The van der Waals surface area contributed by atoms with Crippen molar-refractivity contribution in [2.45, 2.75) is 56.9 Å². The first-order valence-corrected chi connectivity index (χ1v) is 9.59. The molecule has 1 saturated carbocycles. The van der Waals surface area contributed by atoms with Crippen molar-refractivity contribution in [2.24, 2.45) is 0 Å². The van der Waals surface area contributed by atoms with Gasteiger partial charge in [-0.05, 0) is 49.9 Å². The van der Waals surface area contributed by atoms with Gasteiger partial charge in [0, 0.05) is 17.6 Å². The van der Waals surface area contributed by atoms with Gasteiger partial charge in [-0.1, -0.05) is 36.9 Å². The molecule has 0 N–H and O–H groups in total. The zero-order valence-electron chi connectivity index (χ0n) is 13.3. The van der Waals surface area contributed by atoms with Crippen LogP contribution in [-0.2, 0) is 10.0 Å². The van der Waals surface area contributed by atoms with Crippen LogP contribution in [0.3, 0.4) is 0 Å². The Bertz CT molecular complexity index is 649. The first-order chi connectivity index (χ1) is 10.4. The fraction of sp³-hybridized carbons (Fsp3) is 0.529. The average molecular weight is 342 g/mol. The summed E-state index contributed by atoms with van der Waals surface area (Å²) in [5.41, 5.74) is 1.48. The number of nitrogens with zero attached hydrogens (tertiary/aromatic N) is 1. The lowest BCUT2D eigenvalue weighted by Gasteiger charge is -2.33. The zero-order chi connectivity index (χ0) is 16.3. The van der Waals surface area contributed by atoms with Crippen molar-refractivity contribution in [3.8, 4) is 0 Å². The SMILES string of the molecule is C=CCN(C1CCCCC1)S(=O)(=O)c1cc(C)c(Cl)cc1C. The maximum absolute atomic E-state index is 13.1. The van der Waals surface area contributed by atoms with E-state index in [1.165, 1.54) is 6.42 Å². The van der Waals surface area contributed by atoms with Crippen molar-refractivity contribution in [3.63, 3.8) is 0 Å². The molecule has 5 heteroatoms. The monoisotopic (exact) mass is 341 g/mol. The number of halogens is 1. The topological polar surface area (TPSA) is 37.4 Å². The van der Waals surface area contributed by atoms with Crippen molar-refractivity contribution >= 4 is 21.6 Å². The molecule has 3 nitrogen and oxygen atoms in total. The molecule has 1 fully saturated rings. The van der Waals surface area contributed by atoms with Crippen LogP contribution in [0.2, 0.25) is 5.02 Å². The van der Waals surface area contributed by atoms with Crippen LogP contribution in [0.4, 0.5) is 0 Å². The summed E-state index contributed by atoms with van der Waals surface area (Å²) in [5, 5.41) is 0.601. The number of aryl methyl sites for hydroxylation is 2. The lowest BCUT2D eigenvalue weighted by atomic mass is 9.95. The number of hydrogen-bond donors (Lipinski definition) is 0. The van der Waals surface area contributed by atoms with Crippen LogP contribution in [0.5, 0.6) is 0 Å². The molecule has 0 unspecified atom stereocenters. The van der Waals surface area contributed by atoms with Crippen molar-refractivity contribution < 1.29 is 8.42 Å². The molecule has 1 aliphatic carbocycles. The molecule has 122 valence electrons. The van der Waals surface area contributed by atoms with Gasteiger partial charge >= 0.3 is 0 Å². The van der Waals surface area contributed by atoms with E-state index in [0.717, 1.165) is 31.2 Å². The van der Waals surface area contributed by atoms with E-state index in [1.54, 1.807) is 29.4 Å². The second-order valence-electron chi connectivity index (χ2n) is 6.02. The highest BCUT2D eigenvalue weighted by Gasteiger charge is 2.32. The van der Waals surface area contributed by atoms with Crippen LogP contribution in [0.25, 0.3) is 0 Å². The molecule has 1 aromatic rings. The van der Waals surface area contributed by atoms with Gasteiger partial charge in [0.05, 0.1) is 4.90 Å². The molecule has 0 aromatic heterocycles. The lowest BCUT2D eigenvalue weighted by Crippen LogP contribution is -2.41. The van der Waals surface area contributed by atoms with E-state index < -0.39 is 10.0 Å². The van der Waals surface area contributed by atoms with Gasteiger partial charge in [-0.3, -0.25) is 0 Å². The summed E-state index contributed by atoms with van der Waals surface area (Å²) < 4.78 is 27.9. The molecular formula is C17H24ClNO2S. The highest BCUT2D eigenvalue weighted by atomic mass is 35.5. The minimum absolute atomic E-state index is 0.0761. The quantitative estimate of drug-likeness (QED) is 0.741. The normalized spacial score (nSPS) is 16.9. The molecule has 2 rings (SSSR count). The molecule has 1 aliphatic rings. The van der Waals surface area contributed by atoms with Gasteiger partial charge in [-0.2, -0.15) is 4.31 Å². The fourth-order valence-electron chi connectivity index (χ4n) is 3.10. The zero-order valence-corrected chi connectivity index (χ0v) is 14.9. The fourth-order valence-corrected chi connectivity index (χ4v) is 5.27. The van der Waals surface area contributed by atoms with Crippen LogP contribution in [0.15, 0.2) is 29.7 Å². The number of hydrogen-bond acceptors (Lipinski definition) is 2. The summed E-state index contributed by atoms with van der Waals surface area (Å²) in [4.78, 5) is 0.363. The molecule has 0 atom stereocenters. The summed E-state index contributed by atoms with van der Waals surface area (Å²) in [7, 11) is -3.53. The van der Waals surface area contributed by atoms with Gasteiger partial charge < -0.3 is 0 Å². The Morgan fingerprint density at radius 2 is 1.86 bits per heavy atom. The summed E-state index contributed by atoms with van der Waals surface area (Å²) in [6, 6.07) is 3.50. The van der Waals surface area contributed by atoms with Crippen LogP contribution in [0.1, 0.15) is 43.2 Å². The molecule has 22 heavy (non-hydrogen) atoms. The molecule has 0 spiro atoms. The number of sulfonamides is 1. The average Bonchev–Trinajstić information content (AvgIpc) is 2.49. The van der Waals surface area contributed by atoms with E-state index >= 15 is 0 Å². The first kappa shape index (κ1) is 17.5. The third kappa shape index (κ3) is 3.55. The largest absolute Gasteiger partial charge is 0.243 e. The maximum atomic E-state index is 13.1. The summed E-state index contributed by atoms with van der Waals surface area (Å²) in [6.45, 7) is 7.71. The van der Waals surface area contributed by atoms with Crippen molar-refractivity contribution in [2.75, 3.05) is 6.54 Å². The highest BCUT2D eigenvalue weighted by Crippen LogP contribution is 2.31. The minimum Gasteiger partial charge on any atom is -0.207 e. The van der Waals surface area contributed by atoms with Gasteiger partial charge in [0.1, 0.15) is 0 Å². The van der Waals surface area contributed by atoms with Crippen LogP contribution in [0, 0.1) is 13.8 Å². The Balaban J connectivity index is 2.44. The molecule has 1 aromatic carbocycles. The minimum atomic E-state index is -3.53. The smallest absolute Gasteiger partial charge is 0.207 e. The third-order valence-electron chi connectivity index (χ3n) is 4.33. The van der Waals surface area contributed by atoms with E-state index in [4.69, 9.17) is 11.6 Å². The number of rotatable bonds is 5. The van der Waals surface area contributed by atoms with E-state index in [2.05, 4.69) is 6.58 Å². The van der Waals surface area contributed by atoms with E-state index in [-0.39, 0.29) is 6.04 Å².